The van der Waals surface area contributed by atoms with Gasteiger partial charge in [0.15, 0.2) is 0 Å². The number of rotatable bonds is 2. The molecule has 1 aliphatic carbocycles. The second-order valence-electron chi connectivity index (χ2n) is 5.71. The van der Waals surface area contributed by atoms with Crippen LogP contribution in [0.4, 0.5) is 17.1 Å². The smallest absolute Gasteiger partial charge is 0.228 e. The number of fused-ring (bicyclic) bond motifs is 1. The van der Waals surface area contributed by atoms with Crippen molar-refractivity contribution in [1.82, 2.24) is 0 Å². The summed E-state index contributed by atoms with van der Waals surface area (Å²) in [5.74, 6) is 0.0447. The van der Waals surface area contributed by atoms with Crippen molar-refractivity contribution in [2.45, 2.75) is 32.7 Å². The molecule has 1 aromatic rings. The molecule has 0 aromatic heterocycles. The van der Waals surface area contributed by atoms with Crippen LogP contribution in [0.1, 0.15) is 25.8 Å². The first-order chi connectivity index (χ1) is 7.95. The normalized spacial score (nSPS) is 24.1. The summed E-state index contributed by atoms with van der Waals surface area (Å²) in [6.45, 7) is 4.46. The third-order valence-corrected chi connectivity index (χ3v) is 3.74. The summed E-state index contributed by atoms with van der Waals surface area (Å²) >= 11 is 0. The minimum absolute atomic E-state index is 0.0447. The van der Waals surface area contributed by atoms with Gasteiger partial charge >= 0.3 is 0 Å². The van der Waals surface area contributed by atoms with Gasteiger partial charge in [-0.1, -0.05) is 13.8 Å². The van der Waals surface area contributed by atoms with Crippen molar-refractivity contribution < 1.29 is 4.79 Å². The van der Waals surface area contributed by atoms with E-state index in [2.05, 4.69) is 24.5 Å². The van der Waals surface area contributed by atoms with Gasteiger partial charge in [-0.15, -0.1) is 0 Å². The van der Waals surface area contributed by atoms with Crippen molar-refractivity contribution in [2.24, 2.45) is 5.41 Å². The average molecular weight is 231 g/mol. The molecule has 4 nitrogen and oxygen atoms in total. The first-order valence-electron chi connectivity index (χ1n) is 5.94. The van der Waals surface area contributed by atoms with Gasteiger partial charge in [-0.2, -0.15) is 0 Å². The van der Waals surface area contributed by atoms with Crippen LogP contribution in [-0.2, 0) is 11.2 Å². The van der Waals surface area contributed by atoms with Crippen LogP contribution in [0.5, 0.6) is 0 Å². The van der Waals surface area contributed by atoms with Crippen LogP contribution in [0.25, 0.3) is 0 Å². The Morgan fingerprint density at radius 3 is 2.82 bits per heavy atom. The predicted molar refractivity (Wildman–Crippen MR) is 69.0 cm³/mol. The van der Waals surface area contributed by atoms with Gasteiger partial charge in [-0.3, -0.25) is 4.79 Å². The number of nitrogen functional groups attached to an aromatic ring is 1. The fourth-order valence-electron chi connectivity index (χ4n) is 2.32. The number of nitrogens with one attached hydrogen (secondary N) is 2. The molecule has 90 valence electrons. The van der Waals surface area contributed by atoms with Crippen LogP contribution >= 0.6 is 0 Å². The molecular weight excluding hydrogens is 214 g/mol. The number of hydrogen-bond donors (Lipinski definition) is 3. The molecule has 0 radical (unpaired) electrons. The molecular formula is C13H17N3O. The Morgan fingerprint density at radius 2 is 2.18 bits per heavy atom. The zero-order valence-corrected chi connectivity index (χ0v) is 10.1. The lowest BCUT2D eigenvalue weighted by Crippen LogP contribution is -2.10. The summed E-state index contributed by atoms with van der Waals surface area (Å²) < 4.78 is 0. The summed E-state index contributed by atoms with van der Waals surface area (Å²) in [4.78, 5) is 11.3. The number of hydrogen-bond acceptors (Lipinski definition) is 3. The minimum atomic E-state index is 0.0447. The minimum Gasteiger partial charge on any atom is -0.397 e. The molecule has 1 fully saturated rings. The molecule has 0 saturated heterocycles. The Balaban J connectivity index is 1.86. The highest BCUT2D eigenvalue weighted by molar-refractivity contribution is 6.00. The predicted octanol–water partition coefficient (Wildman–Crippen LogP) is 1.97. The third kappa shape index (κ3) is 1.73. The number of anilines is 3. The standard InChI is InChI=1S/C13H17N3O/c1-13(2)6-11(13)15-10-5-9-7(3-8(10)14)4-12(17)16-9/h3,5,11,15H,4,6,14H2,1-2H3,(H,16,17). The SMILES string of the molecule is CC1(C)CC1Nc1cc2c(cc1N)CC(=O)N2. The maximum absolute atomic E-state index is 11.3. The van der Waals surface area contributed by atoms with E-state index in [-0.39, 0.29) is 5.91 Å². The van der Waals surface area contributed by atoms with Crippen LogP contribution in [0.3, 0.4) is 0 Å². The third-order valence-electron chi connectivity index (χ3n) is 3.74. The van der Waals surface area contributed by atoms with Crippen molar-refractivity contribution >= 4 is 23.0 Å². The molecule has 1 unspecified atom stereocenters. The fraction of sp³-hybridized carbons (Fsp3) is 0.462. The molecule has 1 heterocycles. The van der Waals surface area contributed by atoms with Crippen molar-refractivity contribution in [3.63, 3.8) is 0 Å². The lowest BCUT2D eigenvalue weighted by atomic mass is 10.1. The number of benzene rings is 1. The van der Waals surface area contributed by atoms with E-state index in [0.717, 1.165) is 29.0 Å². The maximum atomic E-state index is 11.3. The average Bonchev–Trinajstić information content (AvgIpc) is 2.65. The molecule has 0 spiro atoms. The fourth-order valence-corrected chi connectivity index (χ4v) is 2.32. The van der Waals surface area contributed by atoms with Crippen LogP contribution < -0.4 is 16.4 Å². The number of carbonyl (C=O) groups is 1. The second kappa shape index (κ2) is 3.15. The molecule has 1 aliphatic heterocycles. The van der Waals surface area contributed by atoms with Gasteiger partial charge in [-0.05, 0) is 29.5 Å². The maximum Gasteiger partial charge on any atom is 0.228 e. The van der Waals surface area contributed by atoms with Crippen LogP contribution in [0.15, 0.2) is 12.1 Å². The summed E-state index contributed by atoms with van der Waals surface area (Å²) in [7, 11) is 0. The second-order valence-corrected chi connectivity index (χ2v) is 5.71. The van der Waals surface area contributed by atoms with Crippen molar-refractivity contribution in [3.8, 4) is 0 Å². The van der Waals surface area contributed by atoms with Crippen LogP contribution in [0, 0.1) is 5.41 Å². The summed E-state index contributed by atoms with van der Waals surface area (Å²) in [6.07, 6.45) is 1.60. The van der Waals surface area contributed by atoms with E-state index >= 15 is 0 Å². The number of nitrogens with two attached hydrogens (primary N) is 1. The number of amides is 1. The van der Waals surface area contributed by atoms with Gasteiger partial charge < -0.3 is 16.4 Å². The Kier molecular flexibility index (Phi) is 1.94. The van der Waals surface area contributed by atoms with Gasteiger partial charge in [0.2, 0.25) is 5.91 Å². The summed E-state index contributed by atoms with van der Waals surface area (Å²) in [5, 5.41) is 6.29. The lowest BCUT2D eigenvalue weighted by Gasteiger charge is -2.12. The van der Waals surface area contributed by atoms with E-state index in [4.69, 9.17) is 5.73 Å². The highest BCUT2D eigenvalue weighted by atomic mass is 16.1. The monoisotopic (exact) mass is 231 g/mol. The highest BCUT2D eigenvalue weighted by Gasteiger charge is 2.45. The molecule has 1 saturated carbocycles. The molecule has 4 heteroatoms. The zero-order valence-electron chi connectivity index (χ0n) is 10.1. The summed E-state index contributed by atoms with van der Waals surface area (Å²) in [5.41, 5.74) is 9.90. The van der Waals surface area contributed by atoms with Crippen molar-refractivity contribution in [3.05, 3.63) is 17.7 Å². The Morgan fingerprint density at radius 1 is 1.47 bits per heavy atom. The van der Waals surface area contributed by atoms with Gasteiger partial charge in [-0.25, -0.2) is 0 Å². The Hall–Kier alpha value is -1.71. The van der Waals surface area contributed by atoms with Crippen LogP contribution in [0.2, 0.25) is 0 Å². The molecule has 2 aliphatic rings. The van der Waals surface area contributed by atoms with E-state index in [1.54, 1.807) is 0 Å². The van der Waals surface area contributed by atoms with E-state index in [0.29, 0.717) is 17.9 Å². The zero-order chi connectivity index (χ0) is 12.2. The van der Waals surface area contributed by atoms with Gasteiger partial charge in [0.1, 0.15) is 0 Å². The van der Waals surface area contributed by atoms with Gasteiger partial charge in [0, 0.05) is 11.7 Å². The van der Waals surface area contributed by atoms with E-state index in [1.807, 2.05) is 12.1 Å². The van der Waals surface area contributed by atoms with Crippen molar-refractivity contribution in [2.75, 3.05) is 16.4 Å². The van der Waals surface area contributed by atoms with E-state index < -0.39 is 0 Å². The van der Waals surface area contributed by atoms with Gasteiger partial charge in [0.25, 0.3) is 0 Å². The van der Waals surface area contributed by atoms with Crippen LogP contribution in [-0.4, -0.2) is 11.9 Å². The highest BCUT2D eigenvalue weighted by Crippen LogP contribution is 2.47. The van der Waals surface area contributed by atoms with E-state index in [9.17, 15) is 4.79 Å². The Labute approximate surface area is 101 Å². The number of carbonyl (C=O) groups excluding carboxylic acids is 1. The molecule has 1 amide bonds. The Bertz CT molecular complexity index is 508. The molecule has 4 N–H and O–H groups in total. The first kappa shape index (κ1) is 10.4. The lowest BCUT2D eigenvalue weighted by molar-refractivity contribution is -0.115. The molecule has 17 heavy (non-hydrogen) atoms. The van der Waals surface area contributed by atoms with Crippen molar-refractivity contribution in [1.29, 1.82) is 0 Å². The quantitative estimate of drug-likeness (QED) is 0.682. The molecule has 0 bridgehead atoms. The largest absolute Gasteiger partial charge is 0.397 e. The molecule has 1 aromatic carbocycles. The first-order valence-corrected chi connectivity index (χ1v) is 5.94. The molecule has 3 rings (SSSR count). The molecule has 1 atom stereocenters. The summed E-state index contributed by atoms with van der Waals surface area (Å²) in [6, 6.07) is 4.33. The van der Waals surface area contributed by atoms with Gasteiger partial charge in [0.05, 0.1) is 17.8 Å². The topological polar surface area (TPSA) is 67.1 Å². The van der Waals surface area contributed by atoms with E-state index in [1.165, 1.54) is 0 Å².